The quantitative estimate of drug-likeness (QED) is 0.467. The summed E-state index contributed by atoms with van der Waals surface area (Å²) in [4.78, 5) is 0. The highest BCUT2D eigenvalue weighted by molar-refractivity contribution is 8.75. The van der Waals surface area contributed by atoms with Crippen molar-refractivity contribution in [1.82, 2.24) is 0 Å². The Hall–Kier alpha value is -1.34. The Morgan fingerprint density at radius 2 is 1.19 bits per heavy atom. The van der Waals surface area contributed by atoms with Crippen molar-refractivity contribution in [3.63, 3.8) is 0 Å². The van der Waals surface area contributed by atoms with Gasteiger partial charge in [0, 0.05) is 5.75 Å². The van der Waals surface area contributed by atoms with Gasteiger partial charge in [0.1, 0.15) is 0 Å². The first kappa shape index (κ1) is 19.4. The first-order valence-corrected chi connectivity index (χ1v) is 13.2. The van der Waals surface area contributed by atoms with E-state index in [9.17, 15) is 0 Å². The minimum absolute atomic E-state index is 0.189. The first-order chi connectivity index (χ1) is 12.4. The molecule has 0 nitrogen and oxygen atoms in total. The van der Waals surface area contributed by atoms with E-state index in [1.54, 1.807) is 0 Å². The largest absolute Gasteiger partial charge is 0.110 e. The average molecular weight is 397 g/mol. The molecule has 0 unspecified atom stereocenters. The normalized spacial score (nSPS) is 12.1. The summed E-state index contributed by atoms with van der Waals surface area (Å²) in [5.41, 5.74) is 2.90. The predicted octanol–water partition coefficient (Wildman–Crippen LogP) is 6.26. The van der Waals surface area contributed by atoms with Gasteiger partial charge in [0.05, 0.1) is 5.24 Å². The second-order valence-electron chi connectivity index (χ2n) is 7.44. The second kappa shape index (κ2) is 8.13. The van der Waals surface area contributed by atoms with Gasteiger partial charge in [-0.25, -0.2) is 0 Å². The van der Waals surface area contributed by atoms with Crippen LogP contribution < -0.4 is 10.6 Å². The van der Waals surface area contributed by atoms with Gasteiger partial charge in [-0.05, 0) is 27.2 Å². The molecule has 0 heterocycles. The maximum Gasteiger partial charge on any atom is 0.0616 e. The number of rotatable bonds is 5. The van der Waals surface area contributed by atoms with Gasteiger partial charge in [-0.1, -0.05) is 118 Å². The molecule has 3 heteroatoms. The van der Waals surface area contributed by atoms with Crippen LogP contribution in [0.15, 0.2) is 84.9 Å². The van der Waals surface area contributed by atoms with Gasteiger partial charge in [0.15, 0.2) is 0 Å². The van der Waals surface area contributed by atoms with Crippen LogP contribution in [0.1, 0.15) is 31.9 Å². The third-order valence-electron chi connectivity index (χ3n) is 4.43. The SMILES string of the molecule is CC(C)(C)c1ccc(CSP(=S)(c2ccccc2)c2ccccc2)cc1. The molecule has 0 spiro atoms. The van der Waals surface area contributed by atoms with Crippen LogP contribution in [0.4, 0.5) is 0 Å². The summed E-state index contributed by atoms with van der Waals surface area (Å²) in [6.07, 6.45) is 0. The first-order valence-electron chi connectivity index (χ1n) is 8.85. The van der Waals surface area contributed by atoms with Crippen molar-refractivity contribution in [2.75, 3.05) is 0 Å². The smallest absolute Gasteiger partial charge is 0.0616 e. The lowest BCUT2D eigenvalue weighted by Crippen LogP contribution is -2.13. The van der Waals surface area contributed by atoms with E-state index in [1.165, 1.54) is 21.7 Å². The molecule has 0 bridgehead atoms. The summed E-state index contributed by atoms with van der Waals surface area (Å²) >= 11 is 8.22. The van der Waals surface area contributed by atoms with E-state index >= 15 is 0 Å². The summed E-state index contributed by atoms with van der Waals surface area (Å²) in [7, 11) is 0. The number of hydrogen-bond donors (Lipinski definition) is 0. The molecule has 0 aliphatic rings. The highest BCUT2D eigenvalue weighted by Gasteiger charge is 2.23. The molecule has 3 aromatic carbocycles. The third-order valence-corrected chi connectivity index (χ3v) is 12.2. The fourth-order valence-electron chi connectivity index (χ4n) is 2.81. The van der Waals surface area contributed by atoms with Crippen LogP contribution in [0.3, 0.4) is 0 Å². The van der Waals surface area contributed by atoms with Gasteiger partial charge in [-0.2, -0.15) is 0 Å². The van der Waals surface area contributed by atoms with Gasteiger partial charge in [-0.15, -0.1) is 11.4 Å². The van der Waals surface area contributed by atoms with E-state index in [2.05, 4.69) is 106 Å². The molecule has 0 atom stereocenters. The van der Waals surface area contributed by atoms with Gasteiger partial charge >= 0.3 is 0 Å². The molecule has 0 aliphatic carbocycles. The van der Waals surface area contributed by atoms with Crippen molar-refractivity contribution >= 4 is 39.0 Å². The Morgan fingerprint density at radius 1 is 0.731 bits per heavy atom. The molecular formula is C23H25PS2. The van der Waals surface area contributed by atoms with Crippen LogP contribution >= 0.6 is 16.6 Å². The lowest BCUT2D eigenvalue weighted by Gasteiger charge is -2.23. The van der Waals surface area contributed by atoms with Crippen LogP contribution in [0.25, 0.3) is 0 Å². The van der Waals surface area contributed by atoms with Crippen LogP contribution in [-0.2, 0) is 23.0 Å². The molecule has 0 aliphatic heterocycles. The fourth-order valence-corrected chi connectivity index (χ4v) is 8.88. The van der Waals surface area contributed by atoms with E-state index < -0.39 is 5.24 Å². The number of benzene rings is 3. The molecule has 0 radical (unpaired) electrons. The van der Waals surface area contributed by atoms with Gasteiger partial charge in [-0.3, -0.25) is 0 Å². The lowest BCUT2D eigenvalue weighted by atomic mass is 9.87. The lowest BCUT2D eigenvalue weighted by molar-refractivity contribution is 0.590. The maximum atomic E-state index is 6.29. The molecule has 0 saturated heterocycles. The van der Waals surface area contributed by atoms with Crippen LogP contribution in [0.5, 0.6) is 0 Å². The van der Waals surface area contributed by atoms with Crippen molar-refractivity contribution in [2.45, 2.75) is 31.9 Å². The second-order valence-corrected chi connectivity index (χ2v) is 14.9. The van der Waals surface area contributed by atoms with Crippen molar-refractivity contribution in [3.05, 3.63) is 96.1 Å². The zero-order valence-electron chi connectivity index (χ0n) is 15.6. The van der Waals surface area contributed by atoms with Crippen LogP contribution in [-0.4, -0.2) is 0 Å². The van der Waals surface area contributed by atoms with Crippen LogP contribution in [0, 0.1) is 0 Å². The topological polar surface area (TPSA) is 0 Å². The van der Waals surface area contributed by atoms with Gasteiger partial charge in [0.25, 0.3) is 0 Å². The molecule has 0 saturated carbocycles. The Kier molecular flexibility index (Phi) is 6.07. The fraction of sp³-hybridized carbons (Fsp3) is 0.217. The minimum atomic E-state index is -1.88. The van der Waals surface area contributed by atoms with E-state index in [0.717, 1.165) is 5.75 Å². The molecular weight excluding hydrogens is 371 g/mol. The molecule has 0 N–H and O–H groups in total. The number of hydrogen-bond acceptors (Lipinski definition) is 2. The summed E-state index contributed by atoms with van der Waals surface area (Å²) in [6, 6.07) is 30.3. The maximum absolute atomic E-state index is 6.29. The van der Waals surface area contributed by atoms with Crippen LogP contribution in [0.2, 0.25) is 0 Å². The van der Waals surface area contributed by atoms with Crippen molar-refractivity contribution in [3.8, 4) is 0 Å². The van der Waals surface area contributed by atoms with E-state index in [1.807, 2.05) is 11.4 Å². The molecule has 26 heavy (non-hydrogen) atoms. The molecule has 134 valence electrons. The third kappa shape index (κ3) is 4.49. The Morgan fingerprint density at radius 3 is 1.62 bits per heavy atom. The Bertz CT molecular complexity index is 836. The average Bonchev–Trinajstić information content (AvgIpc) is 2.67. The van der Waals surface area contributed by atoms with Gasteiger partial charge < -0.3 is 0 Å². The molecule has 0 fully saturated rings. The summed E-state index contributed by atoms with van der Waals surface area (Å²) in [5.74, 6) is 0.936. The monoisotopic (exact) mass is 396 g/mol. The van der Waals surface area contributed by atoms with E-state index in [-0.39, 0.29) is 5.41 Å². The highest BCUT2D eigenvalue weighted by atomic mass is 32.9. The molecule has 0 amide bonds. The summed E-state index contributed by atoms with van der Waals surface area (Å²) in [6.45, 7) is 6.75. The Balaban J connectivity index is 1.87. The zero-order valence-corrected chi connectivity index (χ0v) is 18.1. The van der Waals surface area contributed by atoms with E-state index in [4.69, 9.17) is 11.8 Å². The standard InChI is InChI=1S/C23H25PS2/c1-23(2,3)20-16-14-19(15-17-20)18-26-24(25,21-10-6-4-7-11-21)22-12-8-5-9-13-22/h4-17H,18H2,1-3H3. The summed E-state index contributed by atoms with van der Waals surface area (Å²) < 4.78 is 0. The Labute approximate surface area is 166 Å². The summed E-state index contributed by atoms with van der Waals surface area (Å²) in [5, 5.41) is 0.667. The minimum Gasteiger partial charge on any atom is -0.110 e. The molecule has 3 aromatic rings. The predicted molar refractivity (Wildman–Crippen MR) is 123 cm³/mol. The highest BCUT2D eigenvalue weighted by Crippen LogP contribution is 2.57. The molecule has 3 rings (SSSR count). The van der Waals surface area contributed by atoms with E-state index in [0.29, 0.717) is 0 Å². The van der Waals surface area contributed by atoms with Crippen molar-refractivity contribution in [1.29, 1.82) is 0 Å². The van der Waals surface area contributed by atoms with Crippen molar-refractivity contribution in [2.24, 2.45) is 0 Å². The molecule has 0 aromatic heterocycles. The zero-order chi connectivity index (χ0) is 18.6. The van der Waals surface area contributed by atoms with Crippen molar-refractivity contribution < 1.29 is 0 Å². The van der Waals surface area contributed by atoms with Gasteiger partial charge in [0.2, 0.25) is 0 Å².